The molecule has 0 saturated carbocycles. The fraction of sp³-hybridized carbons (Fsp3) is 0.176. The van der Waals surface area contributed by atoms with Crippen molar-refractivity contribution in [2.75, 3.05) is 13.7 Å². The maximum atomic E-state index is 11.8. The Balaban J connectivity index is 1.87. The van der Waals surface area contributed by atoms with Crippen LogP contribution in [0, 0.1) is 0 Å². The first-order valence-electron chi connectivity index (χ1n) is 6.95. The molecule has 1 amide bonds. The van der Waals surface area contributed by atoms with Crippen molar-refractivity contribution < 1.29 is 14.3 Å². The van der Waals surface area contributed by atoms with E-state index in [0.717, 1.165) is 11.3 Å². The lowest BCUT2D eigenvalue weighted by atomic mass is 10.1. The number of hydrazone groups is 1. The van der Waals surface area contributed by atoms with Crippen LogP contribution in [0.3, 0.4) is 0 Å². The van der Waals surface area contributed by atoms with Gasteiger partial charge in [-0.15, -0.1) is 0 Å². The van der Waals surface area contributed by atoms with E-state index in [9.17, 15) is 4.79 Å². The van der Waals surface area contributed by atoms with Crippen molar-refractivity contribution in [1.29, 1.82) is 0 Å². The van der Waals surface area contributed by atoms with Gasteiger partial charge in [-0.25, -0.2) is 5.43 Å². The summed E-state index contributed by atoms with van der Waals surface area (Å²) in [4.78, 5) is 11.8. The number of hydrogen-bond donors (Lipinski definition) is 1. The van der Waals surface area contributed by atoms with Crippen LogP contribution in [0.25, 0.3) is 0 Å². The molecule has 0 aromatic heterocycles. The maximum Gasteiger partial charge on any atom is 0.277 e. The van der Waals surface area contributed by atoms with E-state index in [1.165, 1.54) is 0 Å². The van der Waals surface area contributed by atoms with Crippen molar-refractivity contribution in [1.82, 2.24) is 5.43 Å². The highest BCUT2D eigenvalue weighted by Gasteiger charge is 2.05. The Kier molecular flexibility index (Phi) is 6.00. The Morgan fingerprint density at radius 3 is 2.43 bits per heavy atom. The SMILES string of the molecule is COc1ccc(OCC(=O)N/N=C(\C)c2ccccc2Cl)cc1. The molecule has 0 radical (unpaired) electrons. The summed E-state index contributed by atoms with van der Waals surface area (Å²) in [6, 6.07) is 14.3. The van der Waals surface area contributed by atoms with Crippen LogP contribution in [0.15, 0.2) is 53.6 Å². The molecule has 2 aromatic carbocycles. The minimum atomic E-state index is -0.354. The molecule has 5 nitrogen and oxygen atoms in total. The highest BCUT2D eigenvalue weighted by Crippen LogP contribution is 2.17. The summed E-state index contributed by atoms with van der Waals surface area (Å²) in [5, 5.41) is 4.61. The van der Waals surface area contributed by atoms with Crippen molar-refractivity contribution >= 4 is 23.2 Å². The second-order valence-corrected chi connectivity index (χ2v) is 5.08. The van der Waals surface area contributed by atoms with Crippen LogP contribution in [-0.2, 0) is 4.79 Å². The molecule has 2 aromatic rings. The predicted octanol–water partition coefficient (Wildman–Crippen LogP) is 3.27. The van der Waals surface area contributed by atoms with E-state index in [0.29, 0.717) is 16.5 Å². The average molecular weight is 333 g/mol. The number of amides is 1. The Hall–Kier alpha value is -2.53. The molecule has 0 heterocycles. The Morgan fingerprint density at radius 2 is 1.78 bits per heavy atom. The predicted molar refractivity (Wildman–Crippen MR) is 90.3 cm³/mol. The minimum Gasteiger partial charge on any atom is -0.497 e. The maximum absolute atomic E-state index is 11.8. The van der Waals surface area contributed by atoms with E-state index in [1.54, 1.807) is 44.4 Å². The first-order valence-corrected chi connectivity index (χ1v) is 7.33. The van der Waals surface area contributed by atoms with Crippen LogP contribution in [0.5, 0.6) is 11.5 Å². The van der Waals surface area contributed by atoms with Gasteiger partial charge in [0, 0.05) is 10.6 Å². The number of rotatable bonds is 6. The van der Waals surface area contributed by atoms with Gasteiger partial charge in [0.1, 0.15) is 11.5 Å². The molecule has 120 valence electrons. The molecule has 23 heavy (non-hydrogen) atoms. The quantitative estimate of drug-likeness (QED) is 0.652. The molecule has 0 atom stereocenters. The molecule has 0 bridgehead atoms. The monoisotopic (exact) mass is 332 g/mol. The smallest absolute Gasteiger partial charge is 0.277 e. The van der Waals surface area contributed by atoms with Gasteiger partial charge in [-0.2, -0.15) is 5.10 Å². The van der Waals surface area contributed by atoms with E-state index in [-0.39, 0.29) is 12.5 Å². The molecule has 0 fully saturated rings. The third-order valence-electron chi connectivity index (χ3n) is 3.04. The number of halogens is 1. The van der Waals surface area contributed by atoms with Crippen LogP contribution in [0.1, 0.15) is 12.5 Å². The fourth-order valence-corrected chi connectivity index (χ4v) is 2.09. The van der Waals surface area contributed by atoms with Gasteiger partial charge in [-0.1, -0.05) is 29.8 Å². The zero-order chi connectivity index (χ0) is 16.7. The van der Waals surface area contributed by atoms with Crippen LogP contribution in [0.2, 0.25) is 5.02 Å². The van der Waals surface area contributed by atoms with Crippen molar-refractivity contribution in [2.45, 2.75) is 6.92 Å². The number of benzene rings is 2. The number of carbonyl (C=O) groups is 1. The molecular weight excluding hydrogens is 316 g/mol. The van der Waals surface area contributed by atoms with E-state index in [1.807, 2.05) is 18.2 Å². The van der Waals surface area contributed by atoms with Crippen LogP contribution in [-0.4, -0.2) is 25.3 Å². The lowest BCUT2D eigenvalue weighted by Crippen LogP contribution is -2.25. The zero-order valence-electron chi connectivity index (χ0n) is 12.9. The summed E-state index contributed by atoms with van der Waals surface area (Å²) >= 11 is 6.07. The van der Waals surface area contributed by atoms with Gasteiger partial charge in [0.05, 0.1) is 12.8 Å². The van der Waals surface area contributed by atoms with Gasteiger partial charge in [0.25, 0.3) is 5.91 Å². The number of nitrogens with zero attached hydrogens (tertiary/aromatic N) is 1. The number of methoxy groups -OCH3 is 1. The first-order chi connectivity index (χ1) is 11.1. The lowest BCUT2D eigenvalue weighted by molar-refractivity contribution is -0.123. The fourth-order valence-electron chi connectivity index (χ4n) is 1.81. The van der Waals surface area contributed by atoms with Gasteiger partial charge in [0.15, 0.2) is 6.61 Å². The normalized spacial score (nSPS) is 11.0. The Morgan fingerprint density at radius 1 is 1.13 bits per heavy atom. The highest BCUT2D eigenvalue weighted by molar-refractivity contribution is 6.34. The van der Waals surface area contributed by atoms with E-state index in [2.05, 4.69) is 10.5 Å². The summed E-state index contributed by atoms with van der Waals surface area (Å²) in [6.45, 7) is 1.64. The van der Waals surface area contributed by atoms with Crippen molar-refractivity contribution in [3.63, 3.8) is 0 Å². The second kappa shape index (κ2) is 8.19. The summed E-state index contributed by atoms with van der Waals surface area (Å²) < 4.78 is 10.4. The van der Waals surface area contributed by atoms with Crippen molar-refractivity contribution in [3.8, 4) is 11.5 Å². The average Bonchev–Trinajstić information content (AvgIpc) is 2.58. The number of carbonyl (C=O) groups excluding carboxylic acids is 1. The highest BCUT2D eigenvalue weighted by atomic mass is 35.5. The van der Waals surface area contributed by atoms with Gasteiger partial charge >= 0.3 is 0 Å². The topological polar surface area (TPSA) is 59.9 Å². The van der Waals surface area contributed by atoms with Gasteiger partial charge in [-0.3, -0.25) is 4.79 Å². The van der Waals surface area contributed by atoms with E-state index >= 15 is 0 Å². The van der Waals surface area contributed by atoms with Gasteiger partial charge in [0.2, 0.25) is 0 Å². The molecule has 0 spiro atoms. The zero-order valence-corrected chi connectivity index (χ0v) is 13.6. The number of nitrogens with one attached hydrogen (secondary N) is 1. The first kappa shape index (κ1) is 16.8. The molecule has 0 aliphatic heterocycles. The minimum absolute atomic E-state index is 0.133. The third kappa shape index (κ3) is 5.00. The molecule has 2 rings (SSSR count). The summed E-state index contributed by atoms with van der Waals surface area (Å²) in [5.74, 6) is 0.946. The molecule has 0 aliphatic carbocycles. The molecule has 0 saturated heterocycles. The summed E-state index contributed by atoms with van der Waals surface area (Å²) in [6.07, 6.45) is 0. The summed E-state index contributed by atoms with van der Waals surface area (Å²) in [7, 11) is 1.59. The molecule has 0 unspecified atom stereocenters. The molecule has 6 heteroatoms. The Bertz CT molecular complexity index is 699. The van der Waals surface area contributed by atoms with Crippen LogP contribution in [0.4, 0.5) is 0 Å². The van der Waals surface area contributed by atoms with E-state index < -0.39 is 0 Å². The molecule has 1 N–H and O–H groups in total. The lowest BCUT2D eigenvalue weighted by Gasteiger charge is -2.07. The van der Waals surface area contributed by atoms with Crippen LogP contribution >= 0.6 is 11.6 Å². The largest absolute Gasteiger partial charge is 0.497 e. The van der Waals surface area contributed by atoms with E-state index in [4.69, 9.17) is 21.1 Å². The summed E-state index contributed by atoms with van der Waals surface area (Å²) in [5.41, 5.74) is 3.83. The van der Waals surface area contributed by atoms with Crippen molar-refractivity contribution in [2.24, 2.45) is 5.10 Å². The number of hydrogen-bond acceptors (Lipinski definition) is 4. The number of ether oxygens (including phenoxy) is 2. The molecular formula is C17H17ClN2O3. The van der Waals surface area contributed by atoms with Gasteiger partial charge in [-0.05, 0) is 37.3 Å². The second-order valence-electron chi connectivity index (χ2n) is 4.68. The third-order valence-corrected chi connectivity index (χ3v) is 3.37. The Labute approximate surface area is 139 Å². The van der Waals surface area contributed by atoms with Crippen LogP contribution < -0.4 is 14.9 Å². The van der Waals surface area contributed by atoms with Gasteiger partial charge < -0.3 is 9.47 Å². The standard InChI is InChI=1S/C17H17ClN2O3/c1-12(15-5-3-4-6-16(15)18)19-20-17(21)11-23-14-9-7-13(22-2)8-10-14/h3-10H,11H2,1-2H3,(H,20,21)/b19-12+. The van der Waals surface area contributed by atoms with Crippen molar-refractivity contribution in [3.05, 3.63) is 59.1 Å². The molecule has 0 aliphatic rings.